The third-order valence-corrected chi connectivity index (χ3v) is 4.32. The highest BCUT2D eigenvalue weighted by Crippen LogP contribution is 2.31. The van der Waals surface area contributed by atoms with Crippen LogP contribution in [0.3, 0.4) is 0 Å². The van der Waals surface area contributed by atoms with Gasteiger partial charge >= 0.3 is 11.8 Å². The Morgan fingerprint density at radius 2 is 1.58 bits per heavy atom. The number of carboxylic acid groups (broad SMARTS) is 1. The summed E-state index contributed by atoms with van der Waals surface area (Å²) in [5.74, 6) is -0.00245. The predicted octanol–water partition coefficient (Wildman–Crippen LogP) is 4.46. The number of carboxylic acids is 1. The third kappa shape index (κ3) is 3.23. The zero-order valence-corrected chi connectivity index (χ0v) is 15.8. The van der Waals surface area contributed by atoms with Crippen molar-refractivity contribution in [1.82, 2.24) is 4.57 Å². The lowest BCUT2D eigenvalue weighted by molar-refractivity contribution is -0.755. The molecule has 1 aromatic carbocycles. The lowest BCUT2D eigenvalue weighted by Gasteiger charge is -2.19. The Hall–Kier alpha value is -2.10. The molecule has 2 aromatic rings. The summed E-state index contributed by atoms with van der Waals surface area (Å²) in [6, 6.07) is 6.26. The summed E-state index contributed by atoms with van der Waals surface area (Å²) in [6.45, 7) is 14.6. The molecule has 1 heterocycles. The lowest BCUT2D eigenvalue weighted by Crippen LogP contribution is -2.53. The quantitative estimate of drug-likeness (QED) is 0.842. The van der Waals surface area contributed by atoms with Crippen LogP contribution >= 0.6 is 0 Å². The van der Waals surface area contributed by atoms with E-state index in [1.165, 1.54) is 11.1 Å². The van der Waals surface area contributed by atoms with Gasteiger partial charge in [0, 0.05) is 11.1 Å². The minimum atomic E-state index is -0.914. The zero-order chi connectivity index (χ0) is 18.2. The molecular weight excluding hydrogens is 300 g/mol. The normalized spacial score (nSPS) is 12.2. The van der Waals surface area contributed by atoms with E-state index in [2.05, 4.69) is 45.9 Å². The summed E-state index contributed by atoms with van der Waals surface area (Å²) in [7, 11) is 0. The average molecular weight is 329 g/mol. The number of benzene rings is 1. The predicted molar refractivity (Wildman–Crippen MR) is 96.1 cm³/mol. The summed E-state index contributed by atoms with van der Waals surface area (Å²) >= 11 is 0. The van der Waals surface area contributed by atoms with Crippen LogP contribution in [0.25, 0.3) is 5.69 Å². The van der Waals surface area contributed by atoms with Crippen molar-refractivity contribution in [2.75, 3.05) is 0 Å². The van der Waals surface area contributed by atoms with Crippen LogP contribution in [0, 0.1) is 0 Å². The number of carbonyl (C=O) groups is 1. The molecule has 0 saturated carbocycles. The van der Waals surface area contributed by atoms with E-state index in [1.807, 2.05) is 42.3 Å². The fourth-order valence-electron chi connectivity index (χ4n) is 3.11. The van der Waals surface area contributed by atoms with Gasteiger partial charge in [-0.05, 0) is 32.6 Å². The topological polar surface area (TPSA) is 46.1 Å². The van der Waals surface area contributed by atoms with Gasteiger partial charge in [-0.3, -0.25) is 0 Å². The Morgan fingerprint density at radius 1 is 1.08 bits per heavy atom. The molecule has 0 radical (unpaired) electrons. The van der Waals surface area contributed by atoms with E-state index < -0.39 is 5.97 Å². The Labute approximate surface area is 144 Å². The van der Waals surface area contributed by atoms with Crippen LogP contribution in [0.4, 0.5) is 0 Å². The highest BCUT2D eigenvalue weighted by molar-refractivity contribution is 5.83. The summed E-state index contributed by atoms with van der Waals surface area (Å²) in [5.41, 5.74) is 3.03. The van der Waals surface area contributed by atoms with Crippen LogP contribution in [0.15, 0.2) is 30.6 Å². The van der Waals surface area contributed by atoms with Crippen LogP contribution < -0.4 is 4.57 Å². The molecule has 0 saturated heterocycles. The molecule has 0 aliphatic rings. The number of imidazole rings is 1. The molecular formula is C20H29N2O2+. The molecule has 2 rings (SSSR count). The molecule has 4 heteroatoms. The van der Waals surface area contributed by atoms with Gasteiger partial charge in [0.1, 0.15) is 23.6 Å². The van der Waals surface area contributed by atoms with Crippen molar-refractivity contribution in [2.45, 2.75) is 65.8 Å². The number of aromatic carboxylic acids is 1. The van der Waals surface area contributed by atoms with E-state index in [4.69, 9.17) is 0 Å². The molecule has 24 heavy (non-hydrogen) atoms. The standard InChI is InChI=1S/C20H28N2O2/c1-13(2)15-9-8-10-16(14(3)4)17(15)21-11-12-22(20(5,6)7)18(21)19(23)24/h8-14H,1-7H3/p+1. The van der Waals surface area contributed by atoms with Gasteiger partial charge in [-0.2, -0.15) is 4.57 Å². The summed E-state index contributed by atoms with van der Waals surface area (Å²) < 4.78 is 3.68. The second kappa shape index (κ2) is 6.42. The van der Waals surface area contributed by atoms with E-state index in [0.717, 1.165) is 5.69 Å². The van der Waals surface area contributed by atoms with Crippen molar-refractivity contribution in [3.63, 3.8) is 0 Å². The Morgan fingerprint density at radius 3 is 1.96 bits per heavy atom. The molecule has 0 amide bonds. The number of rotatable bonds is 4. The molecule has 1 aromatic heterocycles. The molecule has 0 bridgehead atoms. The molecule has 1 N–H and O–H groups in total. The van der Waals surface area contributed by atoms with E-state index in [0.29, 0.717) is 11.8 Å². The smallest absolute Gasteiger partial charge is 0.420 e. The van der Waals surface area contributed by atoms with Crippen molar-refractivity contribution < 1.29 is 14.5 Å². The second-order valence-corrected chi connectivity index (χ2v) is 7.93. The number of hydrogen-bond acceptors (Lipinski definition) is 1. The van der Waals surface area contributed by atoms with Crippen molar-refractivity contribution in [2.24, 2.45) is 0 Å². The molecule has 0 spiro atoms. The molecule has 0 fully saturated rings. The van der Waals surface area contributed by atoms with Gasteiger partial charge < -0.3 is 5.11 Å². The van der Waals surface area contributed by atoms with Crippen LogP contribution in [0.1, 0.15) is 82.0 Å². The fourth-order valence-corrected chi connectivity index (χ4v) is 3.11. The number of para-hydroxylation sites is 1. The van der Waals surface area contributed by atoms with Crippen LogP contribution in [-0.4, -0.2) is 15.6 Å². The fraction of sp³-hybridized carbons (Fsp3) is 0.500. The maximum Gasteiger partial charge on any atom is 0.420 e. The number of hydrogen-bond donors (Lipinski definition) is 1. The minimum absolute atomic E-state index is 0.289. The Balaban J connectivity index is 2.87. The van der Waals surface area contributed by atoms with Crippen molar-refractivity contribution >= 4 is 5.97 Å². The monoisotopic (exact) mass is 329 g/mol. The lowest BCUT2D eigenvalue weighted by atomic mass is 9.92. The van der Waals surface area contributed by atoms with Gasteiger partial charge in [-0.25, -0.2) is 9.36 Å². The molecule has 130 valence electrons. The van der Waals surface area contributed by atoms with E-state index in [9.17, 15) is 9.90 Å². The first-order chi connectivity index (χ1) is 11.1. The van der Waals surface area contributed by atoms with Crippen LogP contribution in [0.5, 0.6) is 0 Å². The molecule has 4 nitrogen and oxygen atoms in total. The van der Waals surface area contributed by atoms with E-state index in [1.54, 1.807) is 0 Å². The minimum Gasteiger partial charge on any atom is -0.472 e. The van der Waals surface area contributed by atoms with Crippen LogP contribution in [0.2, 0.25) is 0 Å². The van der Waals surface area contributed by atoms with Gasteiger partial charge in [-0.15, -0.1) is 0 Å². The Bertz CT molecular complexity index is 723. The average Bonchev–Trinajstić information content (AvgIpc) is 2.90. The zero-order valence-electron chi connectivity index (χ0n) is 15.8. The number of aromatic nitrogens is 2. The van der Waals surface area contributed by atoms with Gasteiger partial charge in [-0.1, -0.05) is 45.9 Å². The second-order valence-electron chi connectivity index (χ2n) is 7.93. The third-order valence-electron chi connectivity index (χ3n) is 4.32. The summed E-state index contributed by atoms with van der Waals surface area (Å²) in [4.78, 5) is 12.0. The van der Waals surface area contributed by atoms with E-state index in [-0.39, 0.29) is 11.4 Å². The SMILES string of the molecule is CC(C)c1cccc(C(C)C)c1-n1cc[n+](C(C)(C)C)c1C(=O)O. The molecule has 0 aliphatic heterocycles. The molecule has 0 atom stereocenters. The first kappa shape index (κ1) is 18.2. The molecule has 0 aliphatic carbocycles. The van der Waals surface area contributed by atoms with Gasteiger partial charge in [0.05, 0.1) is 0 Å². The maximum atomic E-state index is 12.0. The van der Waals surface area contributed by atoms with E-state index >= 15 is 0 Å². The van der Waals surface area contributed by atoms with Crippen LogP contribution in [-0.2, 0) is 5.54 Å². The van der Waals surface area contributed by atoms with Gasteiger partial charge in [0.2, 0.25) is 0 Å². The highest BCUT2D eigenvalue weighted by Gasteiger charge is 2.34. The summed E-state index contributed by atoms with van der Waals surface area (Å²) in [5, 5.41) is 9.88. The van der Waals surface area contributed by atoms with Crippen molar-refractivity contribution in [3.8, 4) is 5.69 Å². The maximum absolute atomic E-state index is 12.0. The van der Waals surface area contributed by atoms with Crippen molar-refractivity contribution in [1.29, 1.82) is 0 Å². The first-order valence-electron chi connectivity index (χ1n) is 8.55. The van der Waals surface area contributed by atoms with Gasteiger partial charge in [0.25, 0.3) is 0 Å². The number of nitrogens with zero attached hydrogens (tertiary/aromatic N) is 2. The van der Waals surface area contributed by atoms with Crippen molar-refractivity contribution in [3.05, 3.63) is 47.5 Å². The first-order valence-corrected chi connectivity index (χ1v) is 8.55. The highest BCUT2D eigenvalue weighted by atomic mass is 16.4. The summed E-state index contributed by atoms with van der Waals surface area (Å²) in [6.07, 6.45) is 3.74. The molecule has 0 unspecified atom stereocenters. The largest absolute Gasteiger partial charge is 0.472 e. The van der Waals surface area contributed by atoms with Gasteiger partial charge in [0.15, 0.2) is 0 Å². The Kier molecular flexibility index (Phi) is 4.88.